The zero-order chi connectivity index (χ0) is 31.4. The van der Waals surface area contributed by atoms with Crippen molar-refractivity contribution in [3.63, 3.8) is 0 Å². The van der Waals surface area contributed by atoms with Crippen molar-refractivity contribution in [3.8, 4) is 0 Å². The monoisotopic (exact) mass is 589 g/mol. The second-order valence-electron chi connectivity index (χ2n) is 11.9. The number of likely N-dealkylation sites (tertiary alicyclic amines) is 1. The molecule has 2 rings (SSSR count). The van der Waals surface area contributed by atoms with Crippen LogP contribution in [0.15, 0.2) is 36.6 Å². The number of unbranched alkanes of at least 4 members (excludes halogenated alkanes) is 12. The summed E-state index contributed by atoms with van der Waals surface area (Å²) in [5.74, 6) is -0.793. The molecule has 42 heavy (non-hydrogen) atoms. The van der Waals surface area contributed by atoms with E-state index in [-0.39, 0.29) is 18.0 Å². The third-order valence-electron chi connectivity index (χ3n) is 7.85. The normalized spacial score (nSPS) is 15.8. The van der Waals surface area contributed by atoms with Crippen molar-refractivity contribution in [1.82, 2.24) is 4.90 Å². The Morgan fingerprint density at radius 3 is 1.88 bits per heavy atom. The fourth-order valence-corrected chi connectivity index (χ4v) is 5.02. The molecule has 0 aromatic heterocycles. The molecule has 6 heteroatoms. The summed E-state index contributed by atoms with van der Waals surface area (Å²) in [5.41, 5.74) is 0.980. The minimum absolute atomic E-state index is 0.156. The predicted octanol–water partition coefficient (Wildman–Crippen LogP) is 10.1. The lowest BCUT2D eigenvalue weighted by Gasteiger charge is -2.21. The summed E-state index contributed by atoms with van der Waals surface area (Å²) in [6.45, 7) is 13.6. The molecule has 2 aliphatic rings. The average molecular weight is 590 g/mol. The van der Waals surface area contributed by atoms with Crippen LogP contribution in [0.4, 0.5) is 0 Å². The molecule has 1 N–H and O–H groups in total. The Morgan fingerprint density at radius 2 is 1.38 bits per heavy atom. The molecule has 0 aromatic rings. The molecule has 6 nitrogen and oxygen atoms in total. The van der Waals surface area contributed by atoms with Crippen molar-refractivity contribution in [2.45, 2.75) is 168 Å². The van der Waals surface area contributed by atoms with E-state index in [1.165, 1.54) is 96.3 Å². The Hall–Kier alpha value is -2.37. The Kier molecular flexibility index (Phi) is 25.9. The van der Waals surface area contributed by atoms with E-state index in [4.69, 9.17) is 9.84 Å². The van der Waals surface area contributed by atoms with Gasteiger partial charge in [-0.05, 0) is 71.4 Å². The maximum Gasteiger partial charge on any atom is 0.333 e. The molecule has 1 saturated carbocycles. The number of carbonyl (C=O) groups is 3. The topological polar surface area (TPSA) is 83.9 Å². The van der Waals surface area contributed by atoms with Crippen molar-refractivity contribution < 1.29 is 24.2 Å². The Balaban J connectivity index is 0.000000646. The minimum atomic E-state index is -0.788. The highest BCUT2D eigenvalue weighted by Gasteiger charge is 2.17. The first kappa shape index (κ1) is 39.6. The Morgan fingerprint density at radius 1 is 0.857 bits per heavy atom. The third kappa shape index (κ3) is 23.2. The quantitative estimate of drug-likeness (QED) is 0.104. The van der Waals surface area contributed by atoms with E-state index in [1.54, 1.807) is 24.9 Å². The van der Waals surface area contributed by atoms with Crippen molar-refractivity contribution in [2.75, 3.05) is 6.54 Å². The molecular formula is C36H63NO5. The van der Waals surface area contributed by atoms with Crippen LogP contribution < -0.4 is 0 Å². The largest absolute Gasteiger partial charge is 0.478 e. The fraction of sp³-hybridized carbons (Fsp3) is 0.750. The summed E-state index contributed by atoms with van der Waals surface area (Å²) < 4.78 is 5.21. The van der Waals surface area contributed by atoms with Gasteiger partial charge in [-0.15, -0.1) is 0 Å². The van der Waals surface area contributed by atoms with Gasteiger partial charge in [-0.1, -0.05) is 110 Å². The number of rotatable bonds is 17. The lowest BCUT2D eigenvalue weighted by molar-refractivity contribution is -0.145. The summed E-state index contributed by atoms with van der Waals surface area (Å²) in [4.78, 5) is 34.5. The summed E-state index contributed by atoms with van der Waals surface area (Å²) >= 11 is 0. The van der Waals surface area contributed by atoms with E-state index in [1.807, 2.05) is 6.08 Å². The summed E-state index contributed by atoms with van der Waals surface area (Å²) in [5, 5.41) is 8.70. The first-order chi connectivity index (χ1) is 20.2. The van der Waals surface area contributed by atoms with Gasteiger partial charge in [0.2, 0.25) is 5.91 Å². The molecule has 242 valence electrons. The van der Waals surface area contributed by atoms with Gasteiger partial charge in [-0.2, -0.15) is 0 Å². The van der Waals surface area contributed by atoms with Crippen LogP contribution in [0.1, 0.15) is 162 Å². The van der Waals surface area contributed by atoms with Gasteiger partial charge in [0.1, 0.15) is 6.10 Å². The van der Waals surface area contributed by atoms with Gasteiger partial charge >= 0.3 is 11.9 Å². The van der Waals surface area contributed by atoms with Crippen LogP contribution in [0.25, 0.3) is 0 Å². The molecule has 0 aromatic carbocycles. The number of aliphatic carboxylic acids is 1. The molecule has 2 fully saturated rings. The first-order valence-electron chi connectivity index (χ1n) is 16.9. The standard InChI is InChI=1S/C18H34O2.C10H16O2.C8H13NO/c1-3-4-5-6-7-8-9-10-11-12-13-14-15-16-17(2)18(19)20;1-8(2)10(11)12-9-6-4-3-5-7-9;1-2-9-7-5-3-4-6-8(9)10/h16H,3-15H2,1-2H3,(H,19,20);9H,1,3-7H2,2H3;2H,1,3-7H2. The second-order valence-corrected chi connectivity index (χ2v) is 11.9. The molecule has 0 unspecified atom stereocenters. The highest BCUT2D eigenvalue weighted by molar-refractivity contribution is 5.87. The van der Waals surface area contributed by atoms with E-state index in [2.05, 4.69) is 20.1 Å². The smallest absolute Gasteiger partial charge is 0.333 e. The molecule has 0 atom stereocenters. The van der Waals surface area contributed by atoms with Gasteiger partial charge in [0.15, 0.2) is 0 Å². The average Bonchev–Trinajstić information content (AvgIpc) is 3.20. The molecule has 1 aliphatic heterocycles. The molecule has 0 bridgehead atoms. The van der Waals surface area contributed by atoms with Crippen LogP contribution in [0.2, 0.25) is 0 Å². The number of ether oxygens (including phenoxy) is 1. The van der Waals surface area contributed by atoms with Crippen molar-refractivity contribution >= 4 is 17.8 Å². The second kappa shape index (κ2) is 27.5. The minimum Gasteiger partial charge on any atom is -0.478 e. The maximum atomic E-state index is 11.1. The van der Waals surface area contributed by atoms with E-state index < -0.39 is 5.97 Å². The van der Waals surface area contributed by atoms with Crippen LogP contribution in [0.3, 0.4) is 0 Å². The maximum absolute atomic E-state index is 11.1. The first-order valence-corrected chi connectivity index (χ1v) is 16.9. The third-order valence-corrected chi connectivity index (χ3v) is 7.85. The number of hydrogen-bond acceptors (Lipinski definition) is 4. The summed E-state index contributed by atoms with van der Waals surface area (Å²) in [7, 11) is 0. The number of allylic oxidation sites excluding steroid dienone is 1. The van der Waals surface area contributed by atoms with Gasteiger partial charge in [-0.3, -0.25) is 4.79 Å². The number of esters is 1. The van der Waals surface area contributed by atoms with Crippen molar-refractivity contribution in [3.05, 3.63) is 36.6 Å². The van der Waals surface area contributed by atoms with Crippen LogP contribution in [-0.4, -0.2) is 40.5 Å². The van der Waals surface area contributed by atoms with Crippen LogP contribution in [-0.2, 0) is 19.1 Å². The zero-order valence-corrected chi connectivity index (χ0v) is 27.4. The van der Waals surface area contributed by atoms with Crippen molar-refractivity contribution in [2.24, 2.45) is 0 Å². The number of hydrogen-bond donors (Lipinski definition) is 1. The van der Waals surface area contributed by atoms with Gasteiger partial charge in [-0.25, -0.2) is 9.59 Å². The molecule has 0 spiro atoms. The van der Waals surface area contributed by atoms with Gasteiger partial charge in [0.05, 0.1) is 0 Å². The van der Waals surface area contributed by atoms with E-state index in [0.29, 0.717) is 17.6 Å². The molecule has 1 amide bonds. The zero-order valence-electron chi connectivity index (χ0n) is 27.4. The number of carbonyl (C=O) groups excluding carboxylic acids is 2. The summed E-state index contributed by atoms with van der Waals surface area (Å²) in [6.07, 6.45) is 30.5. The predicted molar refractivity (Wildman–Crippen MR) is 175 cm³/mol. The Bertz CT molecular complexity index is 782. The van der Waals surface area contributed by atoms with E-state index >= 15 is 0 Å². The molecule has 1 aliphatic carbocycles. The van der Waals surface area contributed by atoms with Crippen molar-refractivity contribution in [1.29, 1.82) is 0 Å². The lowest BCUT2D eigenvalue weighted by atomic mass is 9.98. The van der Waals surface area contributed by atoms with Crippen LogP contribution in [0.5, 0.6) is 0 Å². The number of nitrogens with zero attached hydrogens (tertiary/aromatic N) is 1. The van der Waals surface area contributed by atoms with Crippen LogP contribution >= 0.6 is 0 Å². The number of carboxylic acid groups (broad SMARTS) is 1. The van der Waals surface area contributed by atoms with E-state index in [0.717, 1.165) is 45.1 Å². The Labute approximate surface area is 258 Å². The fourth-order valence-electron chi connectivity index (χ4n) is 5.02. The molecule has 0 radical (unpaired) electrons. The lowest BCUT2D eigenvalue weighted by Crippen LogP contribution is -2.23. The molecular weight excluding hydrogens is 526 g/mol. The summed E-state index contributed by atoms with van der Waals surface area (Å²) in [6, 6.07) is 0. The highest BCUT2D eigenvalue weighted by Crippen LogP contribution is 2.21. The van der Waals surface area contributed by atoms with Gasteiger partial charge in [0, 0.05) is 24.1 Å². The SMILES string of the molecule is C=C(C)C(=O)OC1CCCCC1.C=CN1CCCCCC1=O.CCCCCCCCCCCCCCC=C(C)C(=O)O. The highest BCUT2D eigenvalue weighted by atomic mass is 16.5. The van der Waals surface area contributed by atoms with Gasteiger partial charge < -0.3 is 14.7 Å². The van der Waals surface area contributed by atoms with Gasteiger partial charge in [0.25, 0.3) is 0 Å². The number of carboxylic acids is 1. The molecule has 1 saturated heterocycles. The van der Waals surface area contributed by atoms with Crippen LogP contribution in [0, 0.1) is 0 Å². The van der Waals surface area contributed by atoms with E-state index in [9.17, 15) is 14.4 Å². The molecule has 1 heterocycles. The number of amides is 1.